The molecule has 0 bridgehead atoms. The van der Waals surface area contributed by atoms with Crippen LogP contribution in [-0.4, -0.2) is 47.0 Å². The minimum absolute atomic E-state index is 0.108. The van der Waals surface area contributed by atoms with Gasteiger partial charge in [0.2, 0.25) is 5.91 Å². The van der Waals surface area contributed by atoms with Gasteiger partial charge in [-0.15, -0.1) is 0 Å². The minimum atomic E-state index is -4.11. The lowest BCUT2D eigenvalue weighted by Crippen LogP contribution is -2.41. The third-order valence-electron chi connectivity index (χ3n) is 5.02. The number of methoxy groups -OCH3 is 2. The summed E-state index contributed by atoms with van der Waals surface area (Å²) in [4.78, 5) is 14.4. The van der Waals surface area contributed by atoms with Gasteiger partial charge in [-0.25, -0.2) is 12.8 Å². The summed E-state index contributed by atoms with van der Waals surface area (Å²) < 4.78 is 51.5. The van der Waals surface area contributed by atoms with E-state index in [1.807, 2.05) is 0 Å². The molecule has 3 aromatic rings. The number of hydrogen-bond acceptors (Lipinski definition) is 5. The van der Waals surface area contributed by atoms with Crippen molar-refractivity contribution in [2.45, 2.75) is 11.4 Å². The van der Waals surface area contributed by atoms with Crippen molar-refractivity contribution in [1.82, 2.24) is 4.90 Å². The third kappa shape index (κ3) is 5.61. The predicted molar refractivity (Wildman–Crippen MR) is 123 cm³/mol. The van der Waals surface area contributed by atoms with Crippen LogP contribution in [0.15, 0.2) is 77.7 Å². The van der Waals surface area contributed by atoms with Crippen LogP contribution in [0.1, 0.15) is 5.56 Å². The van der Waals surface area contributed by atoms with Gasteiger partial charge >= 0.3 is 0 Å². The Kier molecular flexibility index (Phi) is 7.55. The highest BCUT2D eigenvalue weighted by Crippen LogP contribution is 2.28. The molecule has 0 aliphatic heterocycles. The van der Waals surface area contributed by atoms with Crippen molar-refractivity contribution in [3.63, 3.8) is 0 Å². The van der Waals surface area contributed by atoms with E-state index in [1.54, 1.807) is 55.6 Å². The van der Waals surface area contributed by atoms with Gasteiger partial charge in [0.05, 0.1) is 24.8 Å². The lowest BCUT2D eigenvalue weighted by molar-refractivity contribution is -0.128. The van der Waals surface area contributed by atoms with Crippen LogP contribution in [-0.2, 0) is 21.4 Å². The van der Waals surface area contributed by atoms with E-state index < -0.39 is 28.3 Å². The van der Waals surface area contributed by atoms with Gasteiger partial charge < -0.3 is 14.4 Å². The number of likely N-dealkylation sites (N-methyl/N-ethyl adjacent to an activating group) is 1. The van der Waals surface area contributed by atoms with Crippen LogP contribution >= 0.6 is 0 Å². The van der Waals surface area contributed by atoms with Crippen LogP contribution in [0.4, 0.5) is 10.1 Å². The summed E-state index contributed by atoms with van der Waals surface area (Å²) in [5, 5.41) is 0. The van der Waals surface area contributed by atoms with Crippen LogP contribution < -0.4 is 13.8 Å². The second-order valence-electron chi connectivity index (χ2n) is 7.24. The summed E-state index contributed by atoms with van der Waals surface area (Å²) in [7, 11) is 0.538. The van der Waals surface area contributed by atoms with E-state index in [1.165, 1.54) is 31.3 Å². The first-order chi connectivity index (χ1) is 15.8. The molecule has 3 aromatic carbocycles. The maximum Gasteiger partial charge on any atom is 0.264 e. The van der Waals surface area contributed by atoms with Gasteiger partial charge in [0, 0.05) is 13.6 Å². The molecule has 0 aliphatic carbocycles. The number of para-hydroxylation sites is 1. The highest BCUT2D eigenvalue weighted by molar-refractivity contribution is 7.92. The molecule has 0 saturated heterocycles. The van der Waals surface area contributed by atoms with Crippen molar-refractivity contribution in [2.75, 3.05) is 32.1 Å². The molecule has 0 atom stereocenters. The molecular formula is C24H25FN2O5S. The van der Waals surface area contributed by atoms with E-state index in [-0.39, 0.29) is 11.4 Å². The van der Waals surface area contributed by atoms with Crippen molar-refractivity contribution in [3.05, 3.63) is 84.2 Å². The number of benzene rings is 3. The fourth-order valence-corrected chi connectivity index (χ4v) is 4.64. The van der Waals surface area contributed by atoms with Crippen molar-refractivity contribution >= 4 is 21.6 Å². The zero-order valence-electron chi connectivity index (χ0n) is 18.6. The Bertz CT molecular complexity index is 1200. The number of halogens is 1. The van der Waals surface area contributed by atoms with E-state index in [2.05, 4.69) is 0 Å². The first-order valence-corrected chi connectivity index (χ1v) is 11.5. The number of sulfonamides is 1. The average molecular weight is 473 g/mol. The molecule has 0 N–H and O–H groups in total. The summed E-state index contributed by atoms with van der Waals surface area (Å²) >= 11 is 0. The second-order valence-corrected chi connectivity index (χ2v) is 9.10. The number of ether oxygens (including phenoxy) is 2. The molecule has 1 amide bonds. The van der Waals surface area contributed by atoms with Crippen LogP contribution in [0.2, 0.25) is 0 Å². The molecule has 9 heteroatoms. The number of hydrogen-bond donors (Lipinski definition) is 0. The zero-order valence-corrected chi connectivity index (χ0v) is 19.4. The maximum absolute atomic E-state index is 13.3. The normalized spacial score (nSPS) is 11.0. The van der Waals surface area contributed by atoms with Gasteiger partial charge in [-0.3, -0.25) is 9.10 Å². The number of amides is 1. The molecule has 0 aromatic heterocycles. The van der Waals surface area contributed by atoms with Crippen LogP contribution in [0, 0.1) is 5.82 Å². The highest BCUT2D eigenvalue weighted by Gasteiger charge is 2.28. The van der Waals surface area contributed by atoms with Gasteiger partial charge in [0.25, 0.3) is 10.0 Å². The molecular weight excluding hydrogens is 447 g/mol. The van der Waals surface area contributed by atoms with E-state index in [4.69, 9.17) is 9.47 Å². The summed E-state index contributed by atoms with van der Waals surface area (Å²) in [6.07, 6.45) is 0. The van der Waals surface area contributed by atoms with Gasteiger partial charge in [0.15, 0.2) is 11.5 Å². The Morgan fingerprint density at radius 3 is 2.15 bits per heavy atom. The molecule has 0 aliphatic rings. The Hall–Kier alpha value is -3.59. The molecule has 0 spiro atoms. The van der Waals surface area contributed by atoms with Crippen molar-refractivity contribution in [1.29, 1.82) is 0 Å². The molecule has 174 valence electrons. The Morgan fingerprint density at radius 2 is 1.55 bits per heavy atom. The highest BCUT2D eigenvalue weighted by atomic mass is 32.2. The first kappa shape index (κ1) is 24.1. The Morgan fingerprint density at radius 1 is 0.909 bits per heavy atom. The van der Waals surface area contributed by atoms with Crippen molar-refractivity contribution < 1.29 is 27.1 Å². The Labute approximate surface area is 193 Å². The molecule has 0 unspecified atom stereocenters. The number of carbonyl (C=O) groups is 1. The number of anilines is 1. The first-order valence-electron chi connectivity index (χ1n) is 10.0. The molecule has 3 rings (SSSR count). The van der Waals surface area contributed by atoms with Crippen LogP contribution in [0.25, 0.3) is 0 Å². The van der Waals surface area contributed by atoms with E-state index in [0.29, 0.717) is 17.2 Å². The zero-order chi connectivity index (χ0) is 24.0. The van der Waals surface area contributed by atoms with E-state index in [0.717, 1.165) is 22.0 Å². The molecule has 33 heavy (non-hydrogen) atoms. The van der Waals surface area contributed by atoms with Crippen molar-refractivity contribution in [3.8, 4) is 11.5 Å². The molecule has 0 heterocycles. The lowest BCUT2D eigenvalue weighted by Gasteiger charge is -2.27. The second kappa shape index (κ2) is 10.4. The predicted octanol–water partition coefficient (Wildman–Crippen LogP) is 3.70. The fourth-order valence-electron chi connectivity index (χ4n) is 3.23. The topological polar surface area (TPSA) is 76.2 Å². The SMILES string of the molecule is COc1ccc(CN(C)C(=O)CN(c2ccccc2)S(=O)(=O)c2ccc(F)cc2)cc1OC. The van der Waals surface area contributed by atoms with Gasteiger partial charge in [0.1, 0.15) is 12.4 Å². The minimum Gasteiger partial charge on any atom is -0.493 e. The van der Waals surface area contributed by atoms with Crippen LogP contribution in [0.5, 0.6) is 11.5 Å². The standard InChI is InChI=1S/C24H25FN2O5S/c1-26(16-18-9-14-22(31-2)23(15-18)32-3)24(28)17-27(20-7-5-4-6-8-20)33(29,30)21-12-10-19(25)11-13-21/h4-15H,16-17H2,1-3H3. The molecule has 0 radical (unpaired) electrons. The summed E-state index contributed by atoms with van der Waals surface area (Å²) in [6.45, 7) is -0.189. The third-order valence-corrected chi connectivity index (χ3v) is 6.81. The lowest BCUT2D eigenvalue weighted by atomic mass is 10.2. The summed E-state index contributed by atoms with van der Waals surface area (Å²) in [6, 6.07) is 18.1. The number of carbonyl (C=O) groups excluding carboxylic acids is 1. The summed E-state index contributed by atoms with van der Waals surface area (Å²) in [5.41, 5.74) is 1.12. The quantitative estimate of drug-likeness (QED) is 0.475. The number of nitrogens with zero attached hydrogens (tertiary/aromatic N) is 2. The Balaban J connectivity index is 1.85. The van der Waals surface area contributed by atoms with E-state index >= 15 is 0 Å². The van der Waals surface area contributed by atoms with E-state index in [9.17, 15) is 17.6 Å². The monoisotopic (exact) mass is 472 g/mol. The van der Waals surface area contributed by atoms with Gasteiger partial charge in [-0.2, -0.15) is 0 Å². The number of rotatable bonds is 9. The largest absolute Gasteiger partial charge is 0.493 e. The van der Waals surface area contributed by atoms with Gasteiger partial charge in [-0.05, 0) is 54.1 Å². The van der Waals surface area contributed by atoms with Crippen LogP contribution in [0.3, 0.4) is 0 Å². The van der Waals surface area contributed by atoms with Crippen molar-refractivity contribution in [2.24, 2.45) is 0 Å². The average Bonchev–Trinajstić information content (AvgIpc) is 2.82. The summed E-state index contributed by atoms with van der Waals surface area (Å²) in [5.74, 6) is 0.127. The maximum atomic E-state index is 13.3. The van der Waals surface area contributed by atoms with Gasteiger partial charge in [-0.1, -0.05) is 24.3 Å². The smallest absolute Gasteiger partial charge is 0.264 e. The fraction of sp³-hybridized carbons (Fsp3) is 0.208. The molecule has 0 saturated carbocycles. The molecule has 7 nitrogen and oxygen atoms in total. The molecule has 0 fully saturated rings.